The third-order valence-electron chi connectivity index (χ3n) is 3.09. The van der Waals surface area contributed by atoms with Crippen molar-refractivity contribution in [2.24, 2.45) is 0 Å². The van der Waals surface area contributed by atoms with Gasteiger partial charge in [0.05, 0.1) is 17.4 Å². The molecule has 0 fully saturated rings. The summed E-state index contributed by atoms with van der Waals surface area (Å²) in [6, 6.07) is 8.14. The largest absolute Gasteiger partial charge is 0.382 e. The summed E-state index contributed by atoms with van der Waals surface area (Å²) in [5.41, 5.74) is 2.13. The third-order valence-corrected chi connectivity index (χ3v) is 3.09. The molecule has 0 saturated heterocycles. The fourth-order valence-electron chi connectivity index (χ4n) is 2.21. The van der Waals surface area contributed by atoms with Crippen LogP contribution >= 0.6 is 0 Å². The van der Waals surface area contributed by atoms with Crippen LogP contribution in [0.1, 0.15) is 32.9 Å². The number of nitrogens with zero attached hydrogens (tertiary/aromatic N) is 2. The third kappa shape index (κ3) is 3.55. The Hall–Kier alpha value is -1.39. The number of aromatic nitrogens is 2. The molecule has 0 aliphatic rings. The Morgan fingerprint density at radius 3 is 2.84 bits per heavy atom. The molecule has 19 heavy (non-hydrogen) atoms. The summed E-state index contributed by atoms with van der Waals surface area (Å²) in [5, 5.41) is 0. The van der Waals surface area contributed by atoms with Gasteiger partial charge in [0.2, 0.25) is 0 Å². The molecule has 0 radical (unpaired) electrons. The van der Waals surface area contributed by atoms with E-state index in [2.05, 4.69) is 15.6 Å². The fraction of sp³-hybridized carbons (Fsp3) is 0.533. The summed E-state index contributed by atoms with van der Waals surface area (Å²) >= 11 is 0. The molecular weight excluding hydrogens is 240 g/mol. The molecule has 2 aromatic rings. The van der Waals surface area contributed by atoms with Crippen molar-refractivity contribution in [2.75, 3.05) is 19.8 Å². The lowest BCUT2D eigenvalue weighted by Gasteiger charge is -2.19. The van der Waals surface area contributed by atoms with Crippen LogP contribution in [0.15, 0.2) is 30.6 Å². The SMILES string of the molecule is CCOCCCC(OCC)n1cnc2ccccc21. The normalized spacial score (nSPS) is 12.9. The van der Waals surface area contributed by atoms with E-state index in [-0.39, 0.29) is 6.23 Å². The average Bonchev–Trinajstić information content (AvgIpc) is 2.86. The van der Waals surface area contributed by atoms with Gasteiger partial charge < -0.3 is 14.0 Å². The number of hydrogen-bond donors (Lipinski definition) is 0. The average molecular weight is 262 g/mol. The molecule has 2 rings (SSSR count). The molecule has 1 aromatic heterocycles. The lowest BCUT2D eigenvalue weighted by atomic mass is 10.2. The van der Waals surface area contributed by atoms with Crippen LogP contribution in [-0.4, -0.2) is 29.4 Å². The highest BCUT2D eigenvalue weighted by molar-refractivity contribution is 5.75. The predicted octanol–water partition coefficient (Wildman–Crippen LogP) is 3.39. The highest BCUT2D eigenvalue weighted by atomic mass is 16.5. The maximum absolute atomic E-state index is 5.84. The monoisotopic (exact) mass is 262 g/mol. The van der Waals surface area contributed by atoms with Crippen molar-refractivity contribution in [1.82, 2.24) is 9.55 Å². The molecule has 1 atom stereocenters. The van der Waals surface area contributed by atoms with E-state index in [1.807, 2.05) is 38.4 Å². The second-order valence-corrected chi connectivity index (χ2v) is 4.39. The summed E-state index contributed by atoms with van der Waals surface area (Å²) in [7, 11) is 0. The van der Waals surface area contributed by atoms with Gasteiger partial charge in [-0.1, -0.05) is 12.1 Å². The first-order chi connectivity index (χ1) is 9.36. The number of hydrogen-bond acceptors (Lipinski definition) is 3. The molecule has 0 N–H and O–H groups in total. The summed E-state index contributed by atoms with van der Waals surface area (Å²) in [4.78, 5) is 4.42. The topological polar surface area (TPSA) is 36.3 Å². The summed E-state index contributed by atoms with van der Waals surface area (Å²) in [5.74, 6) is 0. The molecule has 0 amide bonds. The molecular formula is C15H22N2O2. The number of imidazole rings is 1. The molecule has 0 spiro atoms. The van der Waals surface area contributed by atoms with Gasteiger partial charge in [-0.15, -0.1) is 0 Å². The van der Waals surface area contributed by atoms with Gasteiger partial charge in [0.15, 0.2) is 0 Å². The zero-order valence-corrected chi connectivity index (χ0v) is 11.7. The van der Waals surface area contributed by atoms with Crippen LogP contribution in [0.25, 0.3) is 11.0 Å². The van der Waals surface area contributed by atoms with Crippen LogP contribution in [0.4, 0.5) is 0 Å². The molecule has 4 nitrogen and oxygen atoms in total. The minimum absolute atomic E-state index is 0.0397. The molecule has 1 aromatic carbocycles. The molecule has 0 bridgehead atoms. The summed E-state index contributed by atoms with van der Waals surface area (Å²) in [6.07, 6.45) is 3.84. The lowest BCUT2D eigenvalue weighted by Crippen LogP contribution is -2.13. The zero-order chi connectivity index (χ0) is 13.5. The van der Waals surface area contributed by atoms with Gasteiger partial charge >= 0.3 is 0 Å². The number of rotatable bonds is 8. The number of fused-ring (bicyclic) bond motifs is 1. The Balaban J connectivity index is 2.09. The van der Waals surface area contributed by atoms with Crippen molar-refractivity contribution in [3.63, 3.8) is 0 Å². The molecule has 0 aliphatic heterocycles. The van der Waals surface area contributed by atoms with Crippen molar-refractivity contribution in [3.8, 4) is 0 Å². The van der Waals surface area contributed by atoms with Gasteiger partial charge in [-0.3, -0.25) is 0 Å². The van der Waals surface area contributed by atoms with E-state index in [9.17, 15) is 0 Å². The first-order valence-electron chi connectivity index (χ1n) is 6.97. The predicted molar refractivity (Wildman–Crippen MR) is 76.1 cm³/mol. The van der Waals surface area contributed by atoms with E-state index in [1.165, 1.54) is 0 Å². The van der Waals surface area contributed by atoms with Crippen LogP contribution in [-0.2, 0) is 9.47 Å². The second-order valence-electron chi connectivity index (χ2n) is 4.39. The molecule has 0 aliphatic carbocycles. The van der Waals surface area contributed by atoms with Gasteiger partial charge in [-0.2, -0.15) is 0 Å². The minimum Gasteiger partial charge on any atom is -0.382 e. The Bertz CT molecular complexity index is 496. The zero-order valence-electron chi connectivity index (χ0n) is 11.7. The quantitative estimate of drug-likeness (QED) is 0.684. The number of para-hydroxylation sites is 2. The van der Waals surface area contributed by atoms with Gasteiger partial charge in [0.1, 0.15) is 6.23 Å². The van der Waals surface area contributed by atoms with E-state index in [0.29, 0.717) is 6.61 Å². The fourth-order valence-corrected chi connectivity index (χ4v) is 2.21. The molecule has 4 heteroatoms. The smallest absolute Gasteiger partial charge is 0.135 e. The number of ether oxygens (including phenoxy) is 2. The van der Waals surface area contributed by atoms with E-state index in [1.54, 1.807) is 0 Å². The van der Waals surface area contributed by atoms with Gasteiger partial charge in [0, 0.05) is 19.8 Å². The Morgan fingerprint density at radius 2 is 2.05 bits per heavy atom. The van der Waals surface area contributed by atoms with E-state index in [0.717, 1.165) is 37.1 Å². The highest BCUT2D eigenvalue weighted by Gasteiger charge is 2.13. The van der Waals surface area contributed by atoms with Crippen molar-refractivity contribution in [2.45, 2.75) is 32.9 Å². The van der Waals surface area contributed by atoms with Crippen molar-refractivity contribution in [3.05, 3.63) is 30.6 Å². The maximum atomic E-state index is 5.84. The van der Waals surface area contributed by atoms with Crippen molar-refractivity contribution >= 4 is 11.0 Å². The standard InChI is InChI=1S/C15H22N2O2/c1-3-18-11-7-10-15(19-4-2)17-12-16-13-8-5-6-9-14(13)17/h5-6,8-9,12,15H,3-4,7,10-11H2,1-2H3. The molecule has 1 heterocycles. The van der Waals surface area contributed by atoms with E-state index < -0.39 is 0 Å². The Kier molecular flexibility index (Phi) is 5.36. The summed E-state index contributed by atoms with van der Waals surface area (Å²) < 4.78 is 13.3. The van der Waals surface area contributed by atoms with E-state index in [4.69, 9.17) is 9.47 Å². The molecule has 104 valence electrons. The minimum atomic E-state index is 0.0397. The van der Waals surface area contributed by atoms with E-state index >= 15 is 0 Å². The van der Waals surface area contributed by atoms with Gasteiger partial charge in [-0.05, 0) is 38.8 Å². The first kappa shape index (κ1) is 14.0. The van der Waals surface area contributed by atoms with Gasteiger partial charge in [-0.25, -0.2) is 4.98 Å². The Labute approximate surface area is 114 Å². The second kappa shape index (κ2) is 7.26. The van der Waals surface area contributed by atoms with Crippen molar-refractivity contribution < 1.29 is 9.47 Å². The summed E-state index contributed by atoms with van der Waals surface area (Å²) in [6.45, 7) is 6.30. The maximum Gasteiger partial charge on any atom is 0.135 e. The Morgan fingerprint density at radius 1 is 1.21 bits per heavy atom. The van der Waals surface area contributed by atoms with Crippen LogP contribution in [0.5, 0.6) is 0 Å². The lowest BCUT2D eigenvalue weighted by molar-refractivity contribution is -0.000155. The van der Waals surface area contributed by atoms with Crippen molar-refractivity contribution in [1.29, 1.82) is 0 Å². The first-order valence-corrected chi connectivity index (χ1v) is 6.97. The van der Waals surface area contributed by atoms with Crippen LogP contribution in [0.3, 0.4) is 0 Å². The van der Waals surface area contributed by atoms with Crippen LogP contribution in [0.2, 0.25) is 0 Å². The molecule has 1 unspecified atom stereocenters. The van der Waals surface area contributed by atoms with Crippen LogP contribution in [0, 0.1) is 0 Å². The van der Waals surface area contributed by atoms with Crippen LogP contribution < -0.4 is 0 Å². The number of benzene rings is 1. The highest BCUT2D eigenvalue weighted by Crippen LogP contribution is 2.22. The molecule has 0 saturated carbocycles. The van der Waals surface area contributed by atoms with Gasteiger partial charge in [0.25, 0.3) is 0 Å².